The van der Waals surface area contributed by atoms with Gasteiger partial charge < -0.3 is 0 Å². The Kier molecular flexibility index (Phi) is 4.16. The summed E-state index contributed by atoms with van der Waals surface area (Å²) in [7, 11) is 0. The van der Waals surface area contributed by atoms with E-state index in [2.05, 4.69) is 19.1 Å². The summed E-state index contributed by atoms with van der Waals surface area (Å²) in [5.74, 6) is 0. The third kappa shape index (κ3) is 3.21. The lowest BCUT2D eigenvalue weighted by atomic mass is 10.1. The summed E-state index contributed by atoms with van der Waals surface area (Å²) in [6.07, 6.45) is 0. The highest BCUT2D eigenvalue weighted by Crippen LogP contribution is 2.20. The molecule has 0 aliphatic rings. The summed E-state index contributed by atoms with van der Waals surface area (Å²) >= 11 is 5.88. The summed E-state index contributed by atoms with van der Waals surface area (Å²) in [6.45, 7) is 4.14. The molecule has 0 aliphatic carbocycles. The van der Waals surface area contributed by atoms with Gasteiger partial charge in [0.15, 0.2) is 0 Å². The van der Waals surface area contributed by atoms with Gasteiger partial charge in [-0.05, 0) is 37.1 Å². The monoisotopic (exact) mass is 257 g/mol. The van der Waals surface area contributed by atoms with Crippen molar-refractivity contribution in [1.29, 1.82) is 0 Å². The Labute approximate surface area is 113 Å². The lowest BCUT2D eigenvalue weighted by molar-refractivity contribution is 0.820. The molecule has 0 unspecified atom stereocenters. The van der Waals surface area contributed by atoms with Crippen molar-refractivity contribution in [2.75, 3.05) is 0 Å². The van der Waals surface area contributed by atoms with Gasteiger partial charge in [-0.1, -0.05) is 54.1 Å². The molecule has 0 radical (unpaired) electrons. The smallest absolute Gasteiger partial charge is 0.0724 e. The zero-order chi connectivity index (χ0) is 13.0. The molecule has 1 nitrogen and oxygen atoms in total. The van der Waals surface area contributed by atoms with Gasteiger partial charge >= 0.3 is 0 Å². The highest BCUT2D eigenvalue weighted by Gasteiger charge is 2.04. The Morgan fingerprint density at radius 2 is 1.61 bits per heavy atom. The molecular weight excluding hydrogens is 242 g/mol. The fourth-order valence-corrected chi connectivity index (χ4v) is 1.99. The van der Waals surface area contributed by atoms with Crippen LogP contribution in [-0.4, -0.2) is 5.71 Å². The Balaban J connectivity index is 2.20. The van der Waals surface area contributed by atoms with Gasteiger partial charge in [-0.15, -0.1) is 0 Å². The van der Waals surface area contributed by atoms with Crippen LogP contribution in [-0.2, 0) is 0 Å². The Morgan fingerprint density at radius 1 is 1.00 bits per heavy atom. The number of halogens is 1. The molecule has 18 heavy (non-hydrogen) atoms. The van der Waals surface area contributed by atoms with Crippen LogP contribution >= 0.6 is 11.6 Å². The summed E-state index contributed by atoms with van der Waals surface area (Å²) < 4.78 is 0. The van der Waals surface area contributed by atoms with E-state index in [1.54, 1.807) is 0 Å². The zero-order valence-corrected chi connectivity index (χ0v) is 11.4. The van der Waals surface area contributed by atoms with E-state index in [4.69, 9.17) is 16.6 Å². The topological polar surface area (TPSA) is 12.4 Å². The quantitative estimate of drug-likeness (QED) is 0.693. The molecule has 0 aromatic heterocycles. The first-order chi connectivity index (χ1) is 8.66. The SMILES string of the molecule is C/C(=N/[C@@H](C)c1ccc(Cl)cc1)c1ccccc1. The first kappa shape index (κ1) is 12.8. The van der Waals surface area contributed by atoms with Crippen LogP contribution < -0.4 is 0 Å². The summed E-state index contributed by atoms with van der Waals surface area (Å²) in [4.78, 5) is 4.72. The largest absolute Gasteiger partial charge is 0.282 e. The van der Waals surface area contributed by atoms with E-state index in [-0.39, 0.29) is 6.04 Å². The van der Waals surface area contributed by atoms with Crippen molar-refractivity contribution in [2.45, 2.75) is 19.9 Å². The molecule has 0 bridgehead atoms. The van der Waals surface area contributed by atoms with Crippen molar-refractivity contribution in [3.8, 4) is 0 Å². The molecule has 0 fully saturated rings. The second-order valence-electron chi connectivity index (χ2n) is 4.31. The van der Waals surface area contributed by atoms with E-state index in [1.165, 1.54) is 11.1 Å². The van der Waals surface area contributed by atoms with E-state index < -0.39 is 0 Å². The van der Waals surface area contributed by atoms with Crippen molar-refractivity contribution >= 4 is 17.3 Å². The molecule has 1 atom stereocenters. The second kappa shape index (κ2) is 5.83. The normalized spacial score (nSPS) is 13.4. The third-order valence-electron chi connectivity index (χ3n) is 2.93. The van der Waals surface area contributed by atoms with Crippen LogP contribution in [0.15, 0.2) is 59.6 Å². The highest BCUT2D eigenvalue weighted by molar-refractivity contribution is 6.30. The van der Waals surface area contributed by atoms with Crippen molar-refractivity contribution in [3.05, 3.63) is 70.7 Å². The van der Waals surface area contributed by atoms with Gasteiger partial charge in [0, 0.05) is 10.7 Å². The van der Waals surface area contributed by atoms with E-state index in [0.717, 1.165) is 10.7 Å². The molecule has 0 aliphatic heterocycles. The maximum atomic E-state index is 5.88. The number of nitrogens with zero attached hydrogens (tertiary/aromatic N) is 1. The van der Waals surface area contributed by atoms with Crippen molar-refractivity contribution in [2.24, 2.45) is 4.99 Å². The maximum Gasteiger partial charge on any atom is 0.0724 e. The first-order valence-electron chi connectivity index (χ1n) is 6.02. The second-order valence-corrected chi connectivity index (χ2v) is 4.74. The van der Waals surface area contributed by atoms with Gasteiger partial charge in [0.1, 0.15) is 0 Å². The maximum absolute atomic E-state index is 5.88. The molecule has 2 aromatic carbocycles. The van der Waals surface area contributed by atoms with Crippen LogP contribution in [0.25, 0.3) is 0 Å². The Hall–Kier alpha value is -1.60. The number of benzene rings is 2. The average molecular weight is 258 g/mol. The lowest BCUT2D eigenvalue weighted by Crippen LogP contribution is -1.98. The van der Waals surface area contributed by atoms with Crippen LogP contribution in [0.3, 0.4) is 0 Å². The van der Waals surface area contributed by atoms with Gasteiger partial charge in [0.25, 0.3) is 0 Å². The molecule has 0 saturated heterocycles. The van der Waals surface area contributed by atoms with E-state index in [0.29, 0.717) is 0 Å². The van der Waals surface area contributed by atoms with Crippen molar-refractivity contribution in [1.82, 2.24) is 0 Å². The van der Waals surface area contributed by atoms with E-state index >= 15 is 0 Å². The number of hydrogen-bond donors (Lipinski definition) is 0. The molecule has 2 rings (SSSR count). The molecule has 2 heteroatoms. The standard InChI is InChI=1S/C16H16ClN/c1-12(14-6-4-3-5-7-14)18-13(2)15-8-10-16(17)11-9-15/h3-11,13H,1-2H3/b18-12-/t13-/m0/s1. The third-order valence-corrected chi connectivity index (χ3v) is 3.18. The van der Waals surface area contributed by atoms with Gasteiger partial charge in [-0.25, -0.2) is 0 Å². The minimum Gasteiger partial charge on any atom is -0.282 e. The number of rotatable bonds is 3. The van der Waals surface area contributed by atoms with Crippen LogP contribution in [0.4, 0.5) is 0 Å². The van der Waals surface area contributed by atoms with Crippen LogP contribution in [0.2, 0.25) is 5.02 Å². The molecule has 0 saturated carbocycles. The molecule has 0 heterocycles. The van der Waals surface area contributed by atoms with Crippen molar-refractivity contribution in [3.63, 3.8) is 0 Å². The summed E-state index contributed by atoms with van der Waals surface area (Å²) in [5, 5.41) is 0.759. The Morgan fingerprint density at radius 3 is 2.22 bits per heavy atom. The van der Waals surface area contributed by atoms with Crippen LogP contribution in [0.5, 0.6) is 0 Å². The van der Waals surface area contributed by atoms with Gasteiger partial charge in [-0.2, -0.15) is 0 Å². The van der Waals surface area contributed by atoms with Gasteiger partial charge in [-0.3, -0.25) is 4.99 Å². The van der Waals surface area contributed by atoms with E-state index in [1.807, 2.05) is 49.4 Å². The average Bonchev–Trinajstić information content (AvgIpc) is 2.40. The number of aliphatic imine (C=N–C) groups is 1. The fourth-order valence-electron chi connectivity index (χ4n) is 1.86. The molecular formula is C16H16ClN. The van der Waals surface area contributed by atoms with Crippen molar-refractivity contribution < 1.29 is 0 Å². The van der Waals surface area contributed by atoms with Crippen LogP contribution in [0, 0.1) is 0 Å². The number of hydrogen-bond acceptors (Lipinski definition) is 1. The van der Waals surface area contributed by atoms with E-state index in [9.17, 15) is 0 Å². The zero-order valence-electron chi connectivity index (χ0n) is 10.6. The van der Waals surface area contributed by atoms with Gasteiger partial charge in [0.05, 0.1) is 6.04 Å². The summed E-state index contributed by atoms with van der Waals surface area (Å²) in [6, 6.07) is 18.2. The van der Waals surface area contributed by atoms with Gasteiger partial charge in [0.2, 0.25) is 0 Å². The highest BCUT2D eigenvalue weighted by atomic mass is 35.5. The Bertz CT molecular complexity index is 529. The lowest BCUT2D eigenvalue weighted by Gasteiger charge is -2.09. The molecule has 0 amide bonds. The fraction of sp³-hybridized carbons (Fsp3) is 0.188. The van der Waals surface area contributed by atoms with Crippen LogP contribution in [0.1, 0.15) is 31.0 Å². The first-order valence-corrected chi connectivity index (χ1v) is 6.40. The summed E-state index contributed by atoms with van der Waals surface area (Å²) in [5.41, 5.74) is 3.39. The minimum absolute atomic E-state index is 0.141. The minimum atomic E-state index is 0.141. The molecule has 2 aromatic rings. The molecule has 0 spiro atoms. The molecule has 92 valence electrons. The molecule has 0 N–H and O–H groups in total. The predicted octanol–water partition coefficient (Wildman–Crippen LogP) is 4.91. The predicted molar refractivity (Wildman–Crippen MR) is 78.5 cm³/mol.